The Kier molecular flexibility index (Phi) is 4.98. The van der Waals surface area contributed by atoms with Crippen molar-refractivity contribution in [1.82, 2.24) is 18.7 Å². The van der Waals surface area contributed by atoms with Gasteiger partial charge in [0.25, 0.3) is 5.56 Å². The van der Waals surface area contributed by atoms with Crippen molar-refractivity contribution in [2.75, 3.05) is 11.9 Å². The lowest BCUT2D eigenvalue weighted by molar-refractivity contribution is 0.609. The van der Waals surface area contributed by atoms with Crippen LogP contribution in [0.5, 0.6) is 0 Å². The Morgan fingerprint density at radius 2 is 1.92 bits per heavy atom. The summed E-state index contributed by atoms with van der Waals surface area (Å²) < 4.78 is 4.32. The first-order valence-corrected chi connectivity index (χ1v) is 7.98. The van der Waals surface area contributed by atoms with Gasteiger partial charge in [0.15, 0.2) is 11.2 Å². The van der Waals surface area contributed by atoms with Crippen LogP contribution in [0.25, 0.3) is 11.2 Å². The van der Waals surface area contributed by atoms with E-state index >= 15 is 0 Å². The first kappa shape index (κ1) is 18.0. The molecule has 1 atom stereocenters. The average molecular weight is 334 g/mol. The predicted octanol–water partition coefficient (Wildman–Crippen LogP) is 0.531. The highest BCUT2D eigenvalue weighted by Gasteiger charge is 2.22. The van der Waals surface area contributed by atoms with Gasteiger partial charge in [-0.1, -0.05) is 18.6 Å². The SMILES string of the molecule is CCC(N)N(C)c1nc2c(c(=O)n(C)c(=O)n2C)n1CC=C(C)C. The van der Waals surface area contributed by atoms with Crippen molar-refractivity contribution >= 4 is 17.1 Å². The monoisotopic (exact) mass is 334 g/mol. The molecule has 2 aromatic heterocycles. The lowest BCUT2D eigenvalue weighted by Gasteiger charge is -2.25. The Balaban J connectivity index is 2.87. The molecule has 8 nitrogen and oxygen atoms in total. The van der Waals surface area contributed by atoms with Crippen molar-refractivity contribution in [3.63, 3.8) is 0 Å². The summed E-state index contributed by atoms with van der Waals surface area (Å²) in [5, 5.41) is 0. The van der Waals surface area contributed by atoms with Crippen LogP contribution in [-0.4, -0.2) is 31.9 Å². The molecule has 0 fully saturated rings. The van der Waals surface area contributed by atoms with Crippen molar-refractivity contribution < 1.29 is 0 Å². The van der Waals surface area contributed by atoms with E-state index in [0.29, 0.717) is 23.7 Å². The Morgan fingerprint density at radius 3 is 2.46 bits per heavy atom. The van der Waals surface area contributed by atoms with Gasteiger partial charge in [-0.25, -0.2) is 4.79 Å². The van der Waals surface area contributed by atoms with E-state index < -0.39 is 5.69 Å². The Bertz CT molecular complexity index is 898. The first-order chi connectivity index (χ1) is 11.2. The van der Waals surface area contributed by atoms with Crippen molar-refractivity contribution in [2.24, 2.45) is 19.8 Å². The van der Waals surface area contributed by atoms with Crippen LogP contribution < -0.4 is 21.9 Å². The summed E-state index contributed by atoms with van der Waals surface area (Å²) in [7, 11) is 4.94. The highest BCUT2D eigenvalue weighted by molar-refractivity contribution is 5.74. The molecule has 24 heavy (non-hydrogen) atoms. The first-order valence-electron chi connectivity index (χ1n) is 7.98. The van der Waals surface area contributed by atoms with Crippen LogP contribution in [-0.2, 0) is 20.6 Å². The fraction of sp³-hybridized carbons (Fsp3) is 0.562. The maximum Gasteiger partial charge on any atom is 0.332 e. The molecule has 2 N–H and O–H groups in total. The summed E-state index contributed by atoms with van der Waals surface area (Å²) in [5.74, 6) is 0.579. The number of nitrogens with two attached hydrogens (primary N) is 1. The second-order valence-corrected chi connectivity index (χ2v) is 6.27. The number of imidazole rings is 1. The van der Waals surface area contributed by atoms with Gasteiger partial charge < -0.3 is 15.2 Å². The van der Waals surface area contributed by atoms with Crippen LogP contribution in [0.4, 0.5) is 5.95 Å². The molecule has 0 aliphatic rings. The van der Waals surface area contributed by atoms with Crippen LogP contribution in [0.2, 0.25) is 0 Å². The zero-order valence-electron chi connectivity index (χ0n) is 15.2. The van der Waals surface area contributed by atoms with Gasteiger partial charge in [0.2, 0.25) is 5.95 Å². The van der Waals surface area contributed by atoms with Crippen LogP contribution in [0.1, 0.15) is 27.2 Å². The van der Waals surface area contributed by atoms with Gasteiger partial charge in [0, 0.05) is 27.7 Å². The lowest BCUT2D eigenvalue weighted by Crippen LogP contribution is -2.40. The van der Waals surface area contributed by atoms with Crippen molar-refractivity contribution in [3.05, 3.63) is 32.5 Å². The predicted molar refractivity (Wildman–Crippen MR) is 96.3 cm³/mol. The molecule has 2 rings (SSSR count). The molecule has 1 unspecified atom stereocenters. The molecular formula is C16H26N6O2. The average Bonchev–Trinajstić information content (AvgIpc) is 2.94. The lowest BCUT2D eigenvalue weighted by atomic mass is 10.3. The molecule has 0 aromatic carbocycles. The number of rotatable bonds is 5. The zero-order valence-corrected chi connectivity index (χ0v) is 15.2. The summed E-state index contributed by atoms with van der Waals surface area (Å²) in [4.78, 5) is 31.2. The molecular weight excluding hydrogens is 308 g/mol. The zero-order chi connectivity index (χ0) is 18.2. The van der Waals surface area contributed by atoms with Crippen LogP contribution in [0, 0.1) is 0 Å². The number of fused-ring (bicyclic) bond motifs is 1. The molecule has 0 spiro atoms. The highest BCUT2D eigenvalue weighted by Crippen LogP contribution is 2.20. The second kappa shape index (κ2) is 6.64. The molecule has 0 saturated heterocycles. The molecule has 0 aliphatic heterocycles. The van der Waals surface area contributed by atoms with Crippen LogP contribution in [0.3, 0.4) is 0 Å². The molecule has 2 heterocycles. The summed E-state index contributed by atoms with van der Waals surface area (Å²) in [6.07, 6.45) is 2.52. The van der Waals surface area contributed by atoms with E-state index in [-0.39, 0.29) is 11.7 Å². The number of hydrogen-bond acceptors (Lipinski definition) is 5. The van der Waals surface area contributed by atoms with Gasteiger partial charge in [0.05, 0.1) is 6.17 Å². The van der Waals surface area contributed by atoms with Crippen molar-refractivity contribution in [3.8, 4) is 0 Å². The number of anilines is 1. The highest BCUT2D eigenvalue weighted by atomic mass is 16.2. The van der Waals surface area contributed by atoms with Gasteiger partial charge in [0.1, 0.15) is 0 Å². The van der Waals surface area contributed by atoms with Gasteiger partial charge in [-0.3, -0.25) is 13.9 Å². The Hall–Kier alpha value is -2.35. The maximum absolute atomic E-state index is 12.7. The maximum atomic E-state index is 12.7. The van der Waals surface area contributed by atoms with Crippen molar-refractivity contribution in [2.45, 2.75) is 39.9 Å². The molecule has 0 amide bonds. The fourth-order valence-electron chi connectivity index (χ4n) is 2.57. The van der Waals surface area contributed by atoms with E-state index in [2.05, 4.69) is 4.98 Å². The minimum absolute atomic E-state index is 0.229. The molecule has 132 valence electrons. The second-order valence-electron chi connectivity index (χ2n) is 6.27. The normalized spacial score (nSPS) is 12.5. The number of aromatic nitrogens is 4. The molecule has 0 radical (unpaired) electrons. The summed E-state index contributed by atoms with van der Waals surface area (Å²) in [6, 6.07) is 0. The van der Waals surface area contributed by atoms with Crippen molar-refractivity contribution in [1.29, 1.82) is 0 Å². The molecule has 8 heteroatoms. The van der Waals surface area contributed by atoms with E-state index in [0.717, 1.165) is 16.6 Å². The fourth-order valence-corrected chi connectivity index (χ4v) is 2.57. The van der Waals surface area contributed by atoms with Gasteiger partial charge >= 0.3 is 5.69 Å². The van der Waals surface area contributed by atoms with Gasteiger partial charge in [-0.15, -0.1) is 0 Å². The molecule has 2 aromatic rings. The standard InChI is InChI=1S/C16H26N6O2/c1-7-11(17)19(4)15-18-13-12(22(15)9-8-10(2)3)14(23)21(6)16(24)20(13)5/h8,11H,7,9,17H2,1-6H3. The van der Waals surface area contributed by atoms with E-state index in [1.165, 1.54) is 11.6 Å². The van der Waals surface area contributed by atoms with Crippen LogP contribution in [0.15, 0.2) is 21.2 Å². The molecule has 0 saturated carbocycles. The van der Waals surface area contributed by atoms with E-state index in [1.54, 1.807) is 7.05 Å². The topological polar surface area (TPSA) is 91.1 Å². The third kappa shape index (κ3) is 2.89. The van der Waals surface area contributed by atoms with Crippen LogP contribution >= 0.6 is 0 Å². The third-order valence-corrected chi connectivity index (χ3v) is 4.24. The molecule has 0 bridgehead atoms. The number of nitrogens with zero attached hydrogens (tertiary/aromatic N) is 5. The summed E-state index contributed by atoms with van der Waals surface area (Å²) in [6.45, 7) is 6.46. The van der Waals surface area contributed by atoms with E-state index in [1.807, 2.05) is 43.4 Å². The summed E-state index contributed by atoms with van der Waals surface area (Å²) in [5.41, 5.74) is 7.29. The van der Waals surface area contributed by atoms with Gasteiger partial charge in [-0.2, -0.15) is 4.98 Å². The minimum Gasteiger partial charge on any atom is -0.330 e. The van der Waals surface area contributed by atoms with Gasteiger partial charge in [-0.05, 0) is 20.3 Å². The number of allylic oxidation sites excluding steroid dienone is 2. The molecule has 0 aliphatic carbocycles. The largest absolute Gasteiger partial charge is 0.332 e. The Labute approximate surface area is 140 Å². The number of aryl methyl sites for hydroxylation is 1. The third-order valence-electron chi connectivity index (χ3n) is 4.24. The van der Waals surface area contributed by atoms with E-state index in [9.17, 15) is 9.59 Å². The quantitative estimate of drug-likeness (QED) is 0.636. The minimum atomic E-state index is -0.395. The summed E-state index contributed by atoms with van der Waals surface area (Å²) >= 11 is 0. The number of hydrogen-bond donors (Lipinski definition) is 1. The smallest absolute Gasteiger partial charge is 0.330 e. The Morgan fingerprint density at radius 1 is 1.29 bits per heavy atom. The van der Waals surface area contributed by atoms with E-state index in [4.69, 9.17) is 5.73 Å².